The number of hydrogen-bond acceptors (Lipinski definition) is 6. The van der Waals surface area contributed by atoms with Gasteiger partial charge in [-0.05, 0) is 36.7 Å². The van der Waals surface area contributed by atoms with Crippen molar-refractivity contribution < 1.29 is 29.6 Å². The van der Waals surface area contributed by atoms with E-state index in [0.717, 1.165) is 0 Å². The lowest BCUT2D eigenvalue weighted by atomic mass is 9.38. The van der Waals surface area contributed by atoms with Crippen LogP contribution >= 0.6 is 0 Å². The SMILES string of the molecule is C=C1C(=O)C23C(O)C[C@@H]4C(C)(C)[C@@H](OC(C)=O)C[C@H](O)[C@@]4(C)[C@@H]2CCC1[C@@H]3O. The van der Waals surface area contributed by atoms with Gasteiger partial charge in [-0.3, -0.25) is 9.59 Å². The van der Waals surface area contributed by atoms with E-state index in [1.165, 1.54) is 6.92 Å². The van der Waals surface area contributed by atoms with Gasteiger partial charge in [-0.1, -0.05) is 27.4 Å². The molecule has 4 fully saturated rings. The van der Waals surface area contributed by atoms with Crippen LogP contribution in [0.2, 0.25) is 0 Å². The van der Waals surface area contributed by atoms with Gasteiger partial charge < -0.3 is 20.1 Å². The molecule has 0 aromatic heterocycles. The number of aliphatic hydroxyl groups excluding tert-OH is 3. The predicted molar refractivity (Wildman–Crippen MR) is 101 cm³/mol. The molecule has 0 radical (unpaired) electrons. The van der Waals surface area contributed by atoms with Gasteiger partial charge >= 0.3 is 5.97 Å². The fourth-order valence-electron chi connectivity index (χ4n) is 7.66. The van der Waals surface area contributed by atoms with E-state index in [4.69, 9.17) is 4.74 Å². The number of hydrogen-bond donors (Lipinski definition) is 3. The summed E-state index contributed by atoms with van der Waals surface area (Å²) < 4.78 is 5.55. The first kappa shape index (κ1) is 20.0. The van der Waals surface area contributed by atoms with Crippen LogP contribution in [0.3, 0.4) is 0 Å². The highest BCUT2D eigenvalue weighted by Crippen LogP contribution is 2.71. The molecule has 2 bridgehead atoms. The standard InChI is InChI=1S/C22H32O6/c1-10-12-6-7-13-21(5)14(8-16(25)22(13,18(10)26)19(12)27)20(3,4)17(9-15(21)24)28-11(2)23/h12-17,19,24-25,27H,1,6-9H2,2-5H3/t12?,13-,14+,15-,16?,17-,19-,21-,22?/m0/s1. The van der Waals surface area contributed by atoms with E-state index in [9.17, 15) is 24.9 Å². The summed E-state index contributed by atoms with van der Waals surface area (Å²) >= 11 is 0. The summed E-state index contributed by atoms with van der Waals surface area (Å²) in [5, 5.41) is 33.7. The van der Waals surface area contributed by atoms with Gasteiger partial charge in [0.1, 0.15) is 6.10 Å². The maximum atomic E-state index is 13.3. The Morgan fingerprint density at radius 2 is 1.71 bits per heavy atom. The zero-order valence-corrected chi connectivity index (χ0v) is 17.1. The fourth-order valence-corrected chi connectivity index (χ4v) is 7.66. The Morgan fingerprint density at radius 1 is 1.07 bits per heavy atom. The molecule has 156 valence electrons. The molecule has 4 saturated carbocycles. The lowest BCUT2D eigenvalue weighted by molar-refractivity contribution is -0.270. The highest BCUT2D eigenvalue weighted by Gasteiger charge is 2.76. The summed E-state index contributed by atoms with van der Waals surface area (Å²) in [7, 11) is 0. The van der Waals surface area contributed by atoms with E-state index in [-0.39, 0.29) is 42.3 Å². The molecule has 28 heavy (non-hydrogen) atoms. The van der Waals surface area contributed by atoms with Gasteiger partial charge in [-0.25, -0.2) is 0 Å². The maximum Gasteiger partial charge on any atom is 0.302 e. The fraction of sp³-hybridized carbons (Fsp3) is 0.818. The molecule has 3 N–H and O–H groups in total. The van der Waals surface area contributed by atoms with Crippen LogP contribution in [-0.2, 0) is 14.3 Å². The van der Waals surface area contributed by atoms with Gasteiger partial charge in [0.25, 0.3) is 0 Å². The number of esters is 1. The van der Waals surface area contributed by atoms with Crippen molar-refractivity contribution in [3.05, 3.63) is 12.2 Å². The molecule has 1 spiro atoms. The summed E-state index contributed by atoms with van der Waals surface area (Å²) in [6.45, 7) is 11.3. The summed E-state index contributed by atoms with van der Waals surface area (Å²) in [5.41, 5.74) is -2.02. The number of carbonyl (C=O) groups excluding carboxylic acids is 2. The number of aliphatic hydroxyl groups is 3. The summed E-state index contributed by atoms with van der Waals surface area (Å²) in [5.74, 6) is -1.43. The topological polar surface area (TPSA) is 104 Å². The Balaban J connectivity index is 1.84. The van der Waals surface area contributed by atoms with Crippen LogP contribution in [0.5, 0.6) is 0 Å². The third-order valence-electron chi connectivity index (χ3n) is 9.05. The first-order chi connectivity index (χ1) is 12.9. The molecule has 4 aliphatic carbocycles. The van der Waals surface area contributed by atoms with Gasteiger partial charge in [0, 0.05) is 30.1 Å². The first-order valence-electron chi connectivity index (χ1n) is 10.4. The molecule has 0 heterocycles. The highest BCUT2D eigenvalue weighted by atomic mass is 16.5. The molecule has 4 rings (SSSR count). The van der Waals surface area contributed by atoms with Crippen LogP contribution in [-0.4, -0.2) is 51.5 Å². The summed E-state index contributed by atoms with van der Waals surface area (Å²) in [6.07, 6.45) is -1.38. The quantitative estimate of drug-likeness (QED) is 0.463. The van der Waals surface area contributed by atoms with Crippen LogP contribution in [0, 0.1) is 34.0 Å². The molecule has 0 saturated heterocycles. The van der Waals surface area contributed by atoms with Gasteiger partial charge in [0.15, 0.2) is 5.78 Å². The molecule has 0 aliphatic heterocycles. The van der Waals surface area contributed by atoms with Crippen molar-refractivity contribution in [3.8, 4) is 0 Å². The monoisotopic (exact) mass is 392 g/mol. The van der Waals surface area contributed by atoms with Crippen molar-refractivity contribution in [2.24, 2.45) is 34.0 Å². The maximum absolute atomic E-state index is 13.3. The third kappa shape index (κ3) is 2.09. The first-order valence-corrected chi connectivity index (χ1v) is 10.4. The van der Waals surface area contributed by atoms with Crippen LogP contribution in [0.15, 0.2) is 12.2 Å². The van der Waals surface area contributed by atoms with E-state index >= 15 is 0 Å². The number of Topliss-reactive ketones (excluding diaryl/α,β-unsaturated/α-hetero) is 1. The van der Waals surface area contributed by atoms with Crippen molar-refractivity contribution in [3.63, 3.8) is 0 Å². The number of rotatable bonds is 1. The Kier molecular flexibility index (Phi) is 4.22. The molecule has 9 atom stereocenters. The van der Waals surface area contributed by atoms with Gasteiger partial charge in [0.05, 0.1) is 23.7 Å². The zero-order valence-electron chi connectivity index (χ0n) is 17.1. The number of carbonyl (C=O) groups is 2. The second kappa shape index (κ2) is 5.89. The molecule has 6 heteroatoms. The normalized spacial score (nSPS) is 52.0. The smallest absolute Gasteiger partial charge is 0.302 e. The minimum absolute atomic E-state index is 0.163. The Morgan fingerprint density at radius 3 is 2.32 bits per heavy atom. The Hall–Kier alpha value is -1.24. The lowest BCUT2D eigenvalue weighted by Gasteiger charge is -2.67. The van der Waals surface area contributed by atoms with Crippen LogP contribution in [0.25, 0.3) is 0 Å². The molecular formula is C22H32O6. The molecular weight excluding hydrogens is 360 g/mol. The van der Waals surface area contributed by atoms with Crippen LogP contribution < -0.4 is 0 Å². The van der Waals surface area contributed by atoms with Gasteiger partial charge in [-0.2, -0.15) is 0 Å². The summed E-state index contributed by atoms with van der Waals surface area (Å²) in [6, 6.07) is 0. The zero-order chi connectivity index (χ0) is 20.8. The van der Waals surface area contributed by atoms with Crippen molar-refractivity contribution in [2.45, 2.75) is 77.8 Å². The second-order valence-corrected chi connectivity index (χ2v) is 10.3. The van der Waals surface area contributed by atoms with E-state index in [1.54, 1.807) is 0 Å². The minimum atomic E-state index is -1.28. The van der Waals surface area contributed by atoms with E-state index < -0.39 is 40.7 Å². The Labute approximate surface area is 166 Å². The lowest BCUT2D eigenvalue weighted by Crippen LogP contribution is -2.71. The molecule has 0 aromatic carbocycles. The average Bonchev–Trinajstić information content (AvgIpc) is 2.71. The number of ketones is 1. The largest absolute Gasteiger partial charge is 0.462 e. The van der Waals surface area contributed by atoms with Crippen LogP contribution in [0.1, 0.15) is 53.4 Å². The van der Waals surface area contributed by atoms with E-state index in [2.05, 4.69) is 6.58 Å². The molecule has 0 aromatic rings. The Bertz CT molecular complexity index is 743. The highest BCUT2D eigenvalue weighted by molar-refractivity contribution is 6.04. The van der Waals surface area contributed by atoms with Gasteiger partial charge in [0.2, 0.25) is 0 Å². The minimum Gasteiger partial charge on any atom is -0.462 e. The molecule has 4 aliphatic rings. The summed E-state index contributed by atoms with van der Waals surface area (Å²) in [4.78, 5) is 24.9. The average molecular weight is 392 g/mol. The van der Waals surface area contributed by atoms with E-state index in [1.807, 2.05) is 20.8 Å². The second-order valence-electron chi connectivity index (χ2n) is 10.3. The third-order valence-corrected chi connectivity index (χ3v) is 9.05. The molecule has 3 unspecified atom stereocenters. The number of fused-ring (bicyclic) bond motifs is 3. The van der Waals surface area contributed by atoms with Crippen LogP contribution in [0.4, 0.5) is 0 Å². The van der Waals surface area contributed by atoms with Crippen molar-refractivity contribution in [2.75, 3.05) is 0 Å². The van der Waals surface area contributed by atoms with Crippen molar-refractivity contribution >= 4 is 11.8 Å². The number of ether oxygens (including phenoxy) is 1. The van der Waals surface area contributed by atoms with Crippen molar-refractivity contribution in [1.29, 1.82) is 0 Å². The molecule has 6 nitrogen and oxygen atoms in total. The predicted octanol–water partition coefficient (Wildman–Crippen LogP) is 1.61. The van der Waals surface area contributed by atoms with E-state index in [0.29, 0.717) is 18.4 Å². The molecule has 0 amide bonds. The van der Waals surface area contributed by atoms with Crippen molar-refractivity contribution in [1.82, 2.24) is 0 Å². The van der Waals surface area contributed by atoms with Gasteiger partial charge in [-0.15, -0.1) is 0 Å².